The number of hydrogen-bond donors (Lipinski definition) is 0. The summed E-state index contributed by atoms with van der Waals surface area (Å²) in [5, 5.41) is 0. The van der Waals surface area contributed by atoms with Crippen LogP contribution in [0.3, 0.4) is 0 Å². The number of carbonyl (C=O) groups excluding carboxylic acids is 1. The summed E-state index contributed by atoms with van der Waals surface area (Å²) in [6, 6.07) is 1.75. The predicted molar refractivity (Wildman–Crippen MR) is 108 cm³/mol. The highest BCUT2D eigenvalue weighted by molar-refractivity contribution is 9.10. The molecule has 0 spiro atoms. The third kappa shape index (κ3) is 9.20. The molecule has 0 saturated carbocycles. The molecular formula is C21H32BrNO2. The molecule has 1 aromatic heterocycles. The minimum absolute atomic E-state index is 0.387. The third-order valence-corrected chi connectivity index (χ3v) is 4.98. The van der Waals surface area contributed by atoms with E-state index in [0.29, 0.717) is 11.3 Å². The van der Waals surface area contributed by atoms with Gasteiger partial charge in [-0.05, 0) is 41.8 Å². The van der Waals surface area contributed by atoms with Crippen LogP contribution in [0.1, 0.15) is 83.6 Å². The van der Waals surface area contributed by atoms with Crippen molar-refractivity contribution in [1.29, 1.82) is 0 Å². The molecule has 0 aliphatic heterocycles. The summed E-state index contributed by atoms with van der Waals surface area (Å²) in [5.41, 5.74) is 1.37. The zero-order valence-corrected chi connectivity index (χ0v) is 17.4. The molecule has 0 aliphatic rings. The number of carbonyl (C=O) groups is 1. The van der Waals surface area contributed by atoms with Crippen LogP contribution in [0.5, 0.6) is 5.75 Å². The number of aromatic nitrogens is 1. The van der Waals surface area contributed by atoms with Crippen molar-refractivity contribution >= 4 is 21.9 Å². The van der Waals surface area contributed by atoms with E-state index in [1.165, 1.54) is 57.8 Å². The summed E-state index contributed by atoms with van der Waals surface area (Å²) >= 11 is 3.47. The van der Waals surface area contributed by atoms with Crippen molar-refractivity contribution in [3.05, 3.63) is 34.6 Å². The zero-order valence-electron chi connectivity index (χ0n) is 15.8. The van der Waals surface area contributed by atoms with Crippen LogP contribution >= 0.6 is 15.9 Å². The largest absolute Gasteiger partial charge is 0.423 e. The number of halogens is 1. The first-order valence-electron chi connectivity index (χ1n) is 9.57. The second-order valence-corrected chi connectivity index (χ2v) is 7.43. The summed E-state index contributed by atoms with van der Waals surface area (Å²) in [6.07, 6.45) is 15.6. The second kappa shape index (κ2) is 13.1. The fourth-order valence-electron chi connectivity index (χ4n) is 2.75. The van der Waals surface area contributed by atoms with Crippen LogP contribution < -0.4 is 4.74 Å². The van der Waals surface area contributed by atoms with Crippen molar-refractivity contribution < 1.29 is 9.53 Å². The van der Waals surface area contributed by atoms with Crippen LogP contribution in [0.2, 0.25) is 0 Å². The molecule has 140 valence electrons. The number of pyridine rings is 1. The molecule has 0 amide bonds. The molecule has 3 nitrogen and oxygen atoms in total. The topological polar surface area (TPSA) is 39.2 Å². The number of unbranched alkanes of at least 4 members (excludes halogenated alkanes) is 9. The summed E-state index contributed by atoms with van der Waals surface area (Å²) in [6.45, 7) is 7.54. The van der Waals surface area contributed by atoms with E-state index in [1.54, 1.807) is 19.2 Å². The van der Waals surface area contributed by atoms with Crippen molar-refractivity contribution in [2.24, 2.45) is 0 Å². The Morgan fingerprint density at radius 1 is 1.08 bits per heavy atom. The van der Waals surface area contributed by atoms with Gasteiger partial charge in [-0.25, -0.2) is 9.78 Å². The molecule has 4 heteroatoms. The van der Waals surface area contributed by atoms with Crippen LogP contribution in [0.25, 0.3) is 0 Å². The Balaban J connectivity index is 2.30. The van der Waals surface area contributed by atoms with E-state index in [0.717, 1.165) is 23.0 Å². The highest BCUT2D eigenvalue weighted by Crippen LogP contribution is 2.27. The van der Waals surface area contributed by atoms with E-state index in [-0.39, 0.29) is 5.97 Å². The number of esters is 1. The molecule has 25 heavy (non-hydrogen) atoms. The van der Waals surface area contributed by atoms with Gasteiger partial charge in [0.1, 0.15) is 10.4 Å². The van der Waals surface area contributed by atoms with E-state index in [9.17, 15) is 4.79 Å². The predicted octanol–water partition coefficient (Wildman–Crippen LogP) is 6.79. The first-order chi connectivity index (χ1) is 12.1. The van der Waals surface area contributed by atoms with Gasteiger partial charge in [-0.1, -0.05) is 71.3 Å². The Morgan fingerprint density at radius 2 is 1.64 bits per heavy atom. The van der Waals surface area contributed by atoms with Crippen molar-refractivity contribution in [3.8, 4) is 5.75 Å². The molecule has 0 aromatic carbocycles. The minimum atomic E-state index is -0.387. The fourth-order valence-corrected chi connectivity index (χ4v) is 3.26. The van der Waals surface area contributed by atoms with Gasteiger partial charge in [0.05, 0.1) is 0 Å². The Kier molecular flexibility index (Phi) is 11.5. The van der Waals surface area contributed by atoms with Gasteiger partial charge in [-0.15, -0.1) is 0 Å². The van der Waals surface area contributed by atoms with Crippen LogP contribution in [-0.4, -0.2) is 11.0 Å². The van der Waals surface area contributed by atoms with Crippen LogP contribution in [-0.2, 0) is 11.2 Å². The monoisotopic (exact) mass is 409 g/mol. The third-order valence-electron chi connectivity index (χ3n) is 4.29. The molecule has 1 heterocycles. The molecule has 0 unspecified atom stereocenters. The molecule has 1 rings (SSSR count). The molecule has 1 aromatic rings. The molecule has 0 bridgehead atoms. The van der Waals surface area contributed by atoms with Gasteiger partial charge in [0, 0.05) is 17.3 Å². The van der Waals surface area contributed by atoms with Crippen molar-refractivity contribution in [2.45, 2.75) is 84.5 Å². The van der Waals surface area contributed by atoms with Gasteiger partial charge < -0.3 is 4.74 Å². The molecule has 0 saturated heterocycles. The molecule has 0 N–H and O–H groups in total. The van der Waals surface area contributed by atoms with Crippen molar-refractivity contribution in [1.82, 2.24) is 4.98 Å². The standard InChI is InChI=1S/C21H32BrNO2/c1-4-5-6-7-8-9-10-11-12-13-14-18-19(15-16-23-20(18)22)25-21(24)17(2)3/h15-16H,2,4-14H2,1,3H3. The van der Waals surface area contributed by atoms with Gasteiger partial charge in [-0.2, -0.15) is 0 Å². The lowest BCUT2D eigenvalue weighted by Crippen LogP contribution is -2.10. The van der Waals surface area contributed by atoms with E-state index >= 15 is 0 Å². The number of ether oxygens (including phenoxy) is 1. The fraction of sp³-hybridized carbons (Fsp3) is 0.619. The van der Waals surface area contributed by atoms with Gasteiger partial charge in [0.2, 0.25) is 0 Å². The summed E-state index contributed by atoms with van der Waals surface area (Å²) < 4.78 is 6.18. The van der Waals surface area contributed by atoms with E-state index < -0.39 is 0 Å². The van der Waals surface area contributed by atoms with Crippen LogP contribution in [0.15, 0.2) is 29.0 Å². The molecule has 0 radical (unpaired) electrons. The SMILES string of the molecule is C=C(C)C(=O)Oc1ccnc(Br)c1CCCCCCCCCCCC. The number of rotatable bonds is 13. The normalized spacial score (nSPS) is 10.7. The maximum absolute atomic E-state index is 11.8. The van der Waals surface area contributed by atoms with Gasteiger partial charge >= 0.3 is 5.97 Å². The lowest BCUT2D eigenvalue weighted by molar-refractivity contribution is -0.130. The molecule has 0 aliphatic carbocycles. The first-order valence-corrected chi connectivity index (χ1v) is 10.4. The lowest BCUT2D eigenvalue weighted by atomic mass is 10.0. The van der Waals surface area contributed by atoms with E-state index in [2.05, 4.69) is 34.4 Å². The number of hydrogen-bond acceptors (Lipinski definition) is 3. The molecule has 0 atom stereocenters. The molecular weight excluding hydrogens is 378 g/mol. The Labute approximate surface area is 161 Å². The Morgan fingerprint density at radius 3 is 2.20 bits per heavy atom. The average Bonchev–Trinajstić information content (AvgIpc) is 2.58. The summed E-state index contributed by atoms with van der Waals surface area (Å²) in [7, 11) is 0. The maximum Gasteiger partial charge on any atom is 0.338 e. The lowest BCUT2D eigenvalue weighted by Gasteiger charge is -2.11. The summed E-state index contributed by atoms with van der Waals surface area (Å²) in [4.78, 5) is 16.0. The Hall–Kier alpha value is -1.16. The van der Waals surface area contributed by atoms with Crippen LogP contribution in [0.4, 0.5) is 0 Å². The quantitative estimate of drug-likeness (QED) is 0.156. The highest BCUT2D eigenvalue weighted by Gasteiger charge is 2.13. The maximum atomic E-state index is 11.8. The van der Waals surface area contributed by atoms with E-state index in [1.807, 2.05) is 0 Å². The zero-order chi connectivity index (χ0) is 18.5. The first kappa shape index (κ1) is 21.9. The molecule has 0 fully saturated rings. The van der Waals surface area contributed by atoms with E-state index in [4.69, 9.17) is 4.74 Å². The minimum Gasteiger partial charge on any atom is -0.423 e. The van der Waals surface area contributed by atoms with Crippen LogP contribution in [0, 0.1) is 0 Å². The van der Waals surface area contributed by atoms with Crippen molar-refractivity contribution in [3.63, 3.8) is 0 Å². The average molecular weight is 410 g/mol. The second-order valence-electron chi connectivity index (χ2n) is 6.68. The summed E-state index contributed by atoms with van der Waals surface area (Å²) in [5.74, 6) is 0.202. The Bertz CT molecular complexity index is 543. The van der Waals surface area contributed by atoms with Gasteiger partial charge in [0.25, 0.3) is 0 Å². The van der Waals surface area contributed by atoms with Crippen molar-refractivity contribution in [2.75, 3.05) is 0 Å². The smallest absolute Gasteiger partial charge is 0.338 e. The van der Waals surface area contributed by atoms with Gasteiger partial charge in [0.15, 0.2) is 0 Å². The number of nitrogens with zero attached hydrogens (tertiary/aromatic N) is 1. The van der Waals surface area contributed by atoms with Gasteiger partial charge in [-0.3, -0.25) is 0 Å². The highest BCUT2D eigenvalue weighted by atomic mass is 79.9.